The number of nitriles is 1. The maximum Gasteiger partial charge on any atom is 0.242 e. The van der Waals surface area contributed by atoms with Gasteiger partial charge < -0.3 is 5.32 Å². The minimum Gasteiger partial charge on any atom is -0.363 e. The summed E-state index contributed by atoms with van der Waals surface area (Å²) >= 11 is 0. The van der Waals surface area contributed by atoms with Crippen LogP contribution in [0.4, 0.5) is 5.69 Å². The molecular weight excluding hydrogens is 288 g/mol. The van der Waals surface area contributed by atoms with Crippen LogP contribution < -0.4 is 10.2 Å². The van der Waals surface area contributed by atoms with E-state index in [1.807, 2.05) is 49.5 Å². The summed E-state index contributed by atoms with van der Waals surface area (Å²) < 4.78 is 0. The molecular formula is C18H16N4O. The third kappa shape index (κ3) is 2.79. The first-order valence-electron chi connectivity index (χ1n) is 7.34. The number of anilines is 1. The van der Waals surface area contributed by atoms with Gasteiger partial charge in [-0.2, -0.15) is 5.26 Å². The molecule has 0 bridgehead atoms. The molecule has 1 amide bonds. The second kappa shape index (κ2) is 5.93. The van der Waals surface area contributed by atoms with Gasteiger partial charge in [0.05, 0.1) is 18.2 Å². The lowest BCUT2D eigenvalue weighted by molar-refractivity contribution is -0.118. The zero-order valence-corrected chi connectivity index (χ0v) is 12.7. The topological polar surface area (TPSA) is 80.0 Å². The summed E-state index contributed by atoms with van der Waals surface area (Å²) in [5.74, 6) is 0.0255. The van der Waals surface area contributed by atoms with Crippen molar-refractivity contribution in [1.82, 2.24) is 5.32 Å². The summed E-state index contributed by atoms with van der Waals surface area (Å²) in [7, 11) is 0. The number of fused-ring (bicyclic) bond motifs is 1. The third-order valence-electron chi connectivity index (χ3n) is 3.91. The van der Waals surface area contributed by atoms with Gasteiger partial charge in [-0.25, -0.2) is 4.90 Å². The van der Waals surface area contributed by atoms with Crippen LogP contribution in [0.15, 0.2) is 48.5 Å². The number of hydrogen-bond donors (Lipinski definition) is 2. The first kappa shape index (κ1) is 14.8. The van der Waals surface area contributed by atoms with E-state index >= 15 is 0 Å². The van der Waals surface area contributed by atoms with Crippen molar-refractivity contribution in [2.45, 2.75) is 19.4 Å². The number of hydrogen-bond acceptors (Lipinski definition) is 3. The molecule has 5 nitrogen and oxygen atoms in total. The molecule has 23 heavy (non-hydrogen) atoms. The van der Waals surface area contributed by atoms with Gasteiger partial charge in [-0.3, -0.25) is 10.2 Å². The molecule has 0 saturated carbocycles. The van der Waals surface area contributed by atoms with Crippen molar-refractivity contribution in [2.24, 2.45) is 0 Å². The van der Waals surface area contributed by atoms with Crippen molar-refractivity contribution in [3.05, 3.63) is 65.2 Å². The molecule has 0 aromatic heterocycles. The number of amidine groups is 1. The molecule has 1 aliphatic rings. The SMILES string of the molecule is Cc1cccc(N(C#N)C(=O)CC2NC(=N)c3ccccc32)c1. The largest absolute Gasteiger partial charge is 0.363 e. The fraction of sp³-hybridized carbons (Fsp3) is 0.167. The van der Waals surface area contributed by atoms with Crippen LogP contribution in [0, 0.1) is 23.8 Å². The van der Waals surface area contributed by atoms with Gasteiger partial charge in [0.15, 0.2) is 6.19 Å². The van der Waals surface area contributed by atoms with Crippen molar-refractivity contribution in [1.29, 1.82) is 10.7 Å². The quantitative estimate of drug-likeness (QED) is 0.676. The van der Waals surface area contributed by atoms with Crippen LogP contribution in [0.3, 0.4) is 0 Å². The number of benzene rings is 2. The van der Waals surface area contributed by atoms with Crippen LogP contribution in [0.5, 0.6) is 0 Å². The zero-order chi connectivity index (χ0) is 16.4. The van der Waals surface area contributed by atoms with E-state index in [0.29, 0.717) is 11.5 Å². The Morgan fingerprint density at radius 2 is 2.09 bits per heavy atom. The number of rotatable bonds is 3. The molecule has 114 valence electrons. The highest BCUT2D eigenvalue weighted by molar-refractivity contribution is 6.03. The lowest BCUT2D eigenvalue weighted by atomic mass is 10.0. The second-order valence-corrected chi connectivity index (χ2v) is 5.53. The maximum absolute atomic E-state index is 12.6. The summed E-state index contributed by atoms with van der Waals surface area (Å²) in [6.45, 7) is 1.92. The molecule has 0 aliphatic carbocycles. The van der Waals surface area contributed by atoms with E-state index in [9.17, 15) is 10.1 Å². The predicted octanol–water partition coefficient (Wildman–Crippen LogP) is 2.87. The van der Waals surface area contributed by atoms with E-state index < -0.39 is 0 Å². The fourth-order valence-corrected chi connectivity index (χ4v) is 2.81. The first-order chi connectivity index (χ1) is 11.1. The number of carbonyl (C=O) groups excluding carboxylic acids is 1. The van der Waals surface area contributed by atoms with Crippen molar-refractivity contribution >= 4 is 17.4 Å². The molecule has 3 rings (SSSR count). The molecule has 0 fully saturated rings. The number of nitrogens with zero attached hydrogens (tertiary/aromatic N) is 2. The highest BCUT2D eigenvalue weighted by atomic mass is 16.2. The van der Waals surface area contributed by atoms with Crippen LogP contribution in [-0.2, 0) is 4.79 Å². The predicted molar refractivity (Wildman–Crippen MR) is 88.0 cm³/mol. The third-order valence-corrected chi connectivity index (χ3v) is 3.91. The van der Waals surface area contributed by atoms with Crippen LogP contribution in [-0.4, -0.2) is 11.7 Å². The monoisotopic (exact) mass is 304 g/mol. The van der Waals surface area contributed by atoms with Crippen LogP contribution in [0.2, 0.25) is 0 Å². The molecule has 1 atom stereocenters. The number of aryl methyl sites for hydroxylation is 1. The summed E-state index contributed by atoms with van der Waals surface area (Å²) in [4.78, 5) is 13.7. The van der Waals surface area contributed by atoms with E-state index in [-0.39, 0.29) is 18.4 Å². The van der Waals surface area contributed by atoms with Crippen LogP contribution >= 0.6 is 0 Å². The average molecular weight is 304 g/mol. The van der Waals surface area contributed by atoms with E-state index in [1.54, 1.807) is 12.1 Å². The number of carbonyl (C=O) groups is 1. The molecule has 0 saturated heterocycles. The molecule has 2 N–H and O–H groups in total. The summed E-state index contributed by atoms with van der Waals surface area (Å²) in [5, 5.41) is 20.3. The Bertz CT molecular complexity index is 822. The second-order valence-electron chi connectivity index (χ2n) is 5.53. The Labute approximate surface area is 134 Å². The van der Waals surface area contributed by atoms with Crippen molar-refractivity contribution < 1.29 is 4.79 Å². The van der Waals surface area contributed by atoms with E-state index in [0.717, 1.165) is 21.6 Å². The number of nitrogens with one attached hydrogen (secondary N) is 2. The van der Waals surface area contributed by atoms with E-state index in [2.05, 4.69) is 5.32 Å². The molecule has 0 spiro atoms. The Morgan fingerprint density at radius 1 is 1.30 bits per heavy atom. The molecule has 2 aromatic rings. The normalized spacial score (nSPS) is 15.5. The van der Waals surface area contributed by atoms with Crippen LogP contribution in [0.1, 0.15) is 29.2 Å². The van der Waals surface area contributed by atoms with Gasteiger partial charge in [0.2, 0.25) is 5.91 Å². The van der Waals surface area contributed by atoms with Crippen molar-refractivity contribution in [3.63, 3.8) is 0 Å². The zero-order valence-electron chi connectivity index (χ0n) is 12.7. The maximum atomic E-state index is 12.6. The minimum atomic E-state index is -0.292. The lowest BCUT2D eigenvalue weighted by Crippen LogP contribution is -2.30. The summed E-state index contributed by atoms with van der Waals surface area (Å²) in [6.07, 6.45) is 2.08. The minimum absolute atomic E-state index is 0.126. The van der Waals surface area contributed by atoms with Gasteiger partial charge in [-0.1, -0.05) is 36.4 Å². The highest BCUT2D eigenvalue weighted by Gasteiger charge is 2.29. The van der Waals surface area contributed by atoms with Gasteiger partial charge >= 0.3 is 0 Å². The average Bonchev–Trinajstić information content (AvgIpc) is 2.85. The molecule has 1 heterocycles. The van der Waals surface area contributed by atoms with Gasteiger partial charge in [0.25, 0.3) is 0 Å². The van der Waals surface area contributed by atoms with Gasteiger partial charge in [-0.05, 0) is 30.2 Å². The molecule has 2 aromatic carbocycles. The Hall–Kier alpha value is -3.13. The molecule has 5 heteroatoms. The van der Waals surface area contributed by atoms with E-state index in [4.69, 9.17) is 5.41 Å². The smallest absolute Gasteiger partial charge is 0.242 e. The Kier molecular flexibility index (Phi) is 3.82. The Morgan fingerprint density at radius 3 is 2.83 bits per heavy atom. The Balaban J connectivity index is 1.82. The summed E-state index contributed by atoms with van der Waals surface area (Å²) in [5.41, 5.74) is 3.29. The molecule has 1 aliphatic heterocycles. The van der Waals surface area contributed by atoms with Gasteiger partial charge in [0.1, 0.15) is 5.84 Å². The van der Waals surface area contributed by atoms with Crippen molar-refractivity contribution in [2.75, 3.05) is 4.90 Å². The van der Waals surface area contributed by atoms with E-state index in [1.165, 1.54) is 0 Å². The standard InChI is InChI=1S/C18H16N4O/c1-12-5-4-6-13(9-12)22(11-19)17(23)10-16-14-7-2-3-8-15(14)18(20)21-16/h2-9,16H,10H2,1H3,(H2,20,21). The van der Waals surface area contributed by atoms with Gasteiger partial charge in [0, 0.05) is 5.56 Å². The number of amides is 1. The summed E-state index contributed by atoms with van der Waals surface area (Å²) in [6, 6.07) is 14.5. The highest BCUT2D eigenvalue weighted by Crippen LogP contribution is 2.28. The van der Waals surface area contributed by atoms with Crippen LogP contribution in [0.25, 0.3) is 0 Å². The molecule has 0 radical (unpaired) electrons. The first-order valence-corrected chi connectivity index (χ1v) is 7.34. The van der Waals surface area contributed by atoms with Crippen molar-refractivity contribution in [3.8, 4) is 6.19 Å². The fourth-order valence-electron chi connectivity index (χ4n) is 2.81. The van der Waals surface area contributed by atoms with Gasteiger partial charge in [-0.15, -0.1) is 0 Å². The lowest BCUT2D eigenvalue weighted by Gasteiger charge is -2.17. The molecule has 1 unspecified atom stereocenters.